The SMILES string of the molecule is C=CCCCOCc1ccc(CCc2ccc(C=C)cc2)cc1. The molecule has 0 spiro atoms. The lowest BCUT2D eigenvalue weighted by atomic mass is 10.0. The number of benzene rings is 2. The molecule has 0 radical (unpaired) electrons. The number of ether oxygens (including phenoxy) is 1. The van der Waals surface area contributed by atoms with Crippen LogP contribution in [0.5, 0.6) is 0 Å². The summed E-state index contributed by atoms with van der Waals surface area (Å²) in [6.07, 6.45) is 8.01. The number of hydrogen-bond acceptors (Lipinski definition) is 1. The van der Waals surface area contributed by atoms with Gasteiger partial charge in [0.05, 0.1) is 6.61 Å². The van der Waals surface area contributed by atoms with Crippen LogP contribution in [0.25, 0.3) is 6.08 Å². The molecule has 2 rings (SSSR count). The third kappa shape index (κ3) is 6.25. The number of hydrogen-bond donors (Lipinski definition) is 0. The van der Waals surface area contributed by atoms with Gasteiger partial charge in [-0.2, -0.15) is 0 Å². The Morgan fingerprint density at radius 2 is 1.35 bits per heavy atom. The van der Waals surface area contributed by atoms with Gasteiger partial charge < -0.3 is 4.74 Å². The van der Waals surface area contributed by atoms with Gasteiger partial charge in [-0.1, -0.05) is 67.3 Å². The van der Waals surface area contributed by atoms with Crippen LogP contribution in [-0.4, -0.2) is 6.61 Å². The van der Waals surface area contributed by atoms with Crippen molar-refractivity contribution in [2.24, 2.45) is 0 Å². The summed E-state index contributed by atoms with van der Waals surface area (Å²) < 4.78 is 5.66. The molecule has 0 unspecified atom stereocenters. The summed E-state index contributed by atoms with van der Waals surface area (Å²) in [5.74, 6) is 0. The second-order valence-electron chi connectivity index (χ2n) is 5.75. The molecule has 1 heteroatoms. The largest absolute Gasteiger partial charge is 0.377 e. The number of allylic oxidation sites excluding steroid dienone is 1. The average molecular weight is 306 g/mol. The van der Waals surface area contributed by atoms with Crippen LogP contribution < -0.4 is 0 Å². The molecule has 2 aromatic carbocycles. The highest BCUT2D eigenvalue weighted by Crippen LogP contribution is 2.11. The van der Waals surface area contributed by atoms with Crippen molar-refractivity contribution in [1.82, 2.24) is 0 Å². The van der Waals surface area contributed by atoms with E-state index < -0.39 is 0 Å². The zero-order valence-electron chi connectivity index (χ0n) is 13.8. The first-order valence-corrected chi connectivity index (χ1v) is 8.29. The summed E-state index contributed by atoms with van der Waals surface area (Å²) in [5.41, 5.74) is 5.15. The molecule has 0 aliphatic rings. The zero-order valence-corrected chi connectivity index (χ0v) is 13.8. The molecule has 1 nitrogen and oxygen atoms in total. The maximum Gasteiger partial charge on any atom is 0.0716 e. The van der Waals surface area contributed by atoms with Gasteiger partial charge in [0, 0.05) is 6.61 Å². The Labute approximate surface area is 140 Å². The van der Waals surface area contributed by atoms with Crippen LogP contribution in [0, 0.1) is 0 Å². The molecule has 0 fully saturated rings. The molecule has 0 amide bonds. The molecular weight excluding hydrogens is 280 g/mol. The van der Waals surface area contributed by atoms with Gasteiger partial charge >= 0.3 is 0 Å². The van der Waals surface area contributed by atoms with Gasteiger partial charge in [0.15, 0.2) is 0 Å². The van der Waals surface area contributed by atoms with Crippen molar-refractivity contribution in [3.8, 4) is 0 Å². The van der Waals surface area contributed by atoms with E-state index in [1.807, 2.05) is 12.2 Å². The normalized spacial score (nSPS) is 10.4. The molecule has 0 aromatic heterocycles. The summed E-state index contributed by atoms with van der Waals surface area (Å²) >= 11 is 0. The van der Waals surface area contributed by atoms with Crippen LogP contribution in [0.3, 0.4) is 0 Å². The van der Waals surface area contributed by atoms with Crippen molar-refractivity contribution >= 4 is 6.08 Å². The lowest BCUT2D eigenvalue weighted by Gasteiger charge is -2.06. The van der Waals surface area contributed by atoms with Crippen molar-refractivity contribution in [3.63, 3.8) is 0 Å². The molecule has 0 aliphatic carbocycles. The highest BCUT2D eigenvalue weighted by atomic mass is 16.5. The Morgan fingerprint density at radius 1 is 0.783 bits per heavy atom. The van der Waals surface area contributed by atoms with Crippen LogP contribution in [0.4, 0.5) is 0 Å². The minimum Gasteiger partial charge on any atom is -0.377 e. The minimum absolute atomic E-state index is 0.695. The monoisotopic (exact) mass is 306 g/mol. The molecule has 0 saturated heterocycles. The van der Waals surface area contributed by atoms with Crippen LogP contribution >= 0.6 is 0 Å². The highest BCUT2D eigenvalue weighted by molar-refractivity contribution is 5.47. The van der Waals surface area contributed by atoms with Crippen molar-refractivity contribution < 1.29 is 4.74 Å². The molecule has 120 valence electrons. The van der Waals surface area contributed by atoms with E-state index in [9.17, 15) is 0 Å². The van der Waals surface area contributed by atoms with Crippen molar-refractivity contribution in [1.29, 1.82) is 0 Å². The van der Waals surface area contributed by atoms with Crippen LogP contribution in [0.15, 0.2) is 67.8 Å². The number of rotatable bonds is 10. The van der Waals surface area contributed by atoms with Crippen molar-refractivity contribution in [2.75, 3.05) is 6.61 Å². The molecule has 23 heavy (non-hydrogen) atoms. The standard InChI is InChI=1S/C22H26O/c1-3-5-6-17-23-18-22-15-13-21(14-16-22)12-11-20-9-7-19(4-2)8-10-20/h3-4,7-10,13-16H,1-2,5-6,11-12,17-18H2. The van der Waals surface area contributed by atoms with E-state index in [4.69, 9.17) is 4.74 Å². The second kappa shape index (κ2) is 9.81. The molecule has 2 aromatic rings. The number of unbranched alkanes of at least 4 members (excludes halogenated alkanes) is 1. The smallest absolute Gasteiger partial charge is 0.0716 e. The third-order valence-corrected chi connectivity index (χ3v) is 3.91. The quantitative estimate of drug-likeness (QED) is 0.410. The van der Waals surface area contributed by atoms with Crippen LogP contribution in [0.1, 0.15) is 35.1 Å². The Hall–Kier alpha value is -2.12. The predicted octanol–water partition coefficient (Wildman–Crippen LogP) is 5.60. The van der Waals surface area contributed by atoms with E-state index >= 15 is 0 Å². The Morgan fingerprint density at radius 3 is 1.91 bits per heavy atom. The molecule has 0 heterocycles. The zero-order chi connectivity index (χ0) is 16.3. The maximum absolute atomic E-state index is 5.66. The topological polar surface area (TPSA) is 9.23 Å². The average Bonchev–Trinajstić information content (AvgIpc) is 2.61. The first kappa shape index (κ1) is 17.2. The Balaban J connectivity index is 1.75. The third-order valence-electron chi connectivity index (χ3n) is 3.91. The van der Waals surface area contributed by atoms with Gasteiger partial charge in [0.2, 0.25) is 0 Å². The lowest BCUT2D eigenvalue weighted by molar-refractivity contribution is 0.119. The molecule has 0 saturated carbocycles. The van der Waals surface area contributed by atoms with E-state index in [1.54, 1.807) is 0 Å². The summed E-state index contributed by atoms with van der Waals surface area (Å²) in [7, 11) is 0. The summed E-state index contributed by atoms with van der Waals surface area (Å²) in [4.78, 5) is 0. The minimum atomic E-state index is 0.695. The van der Waals surface area contributed by atoms with Gasteiger partial charge in [-0.15, -0.1) is 6.58 Å². The Bertz CT molecular complexity index is 593. The van der Waals surface area contributed by atoms with Crippen molar-refractivity contribution in [3.05, 3.63) is 90.0 Å². The first-order chi connectivity index (χ1) is 11.3. The maximum atomic E-state index is 5.66. The molecule has 0 aliphatic heterocycles. The molecule has 0 atom stereocenters. The lowest BCUT2D eigenvalue weighted by Crippen LogP contribution is -1.96. The van der Waals surface area contributed by atoms with Gasteiger partial charge in [0.25, 0.3) is 0 Å². The molecule has 0 bridgehead atoms. The Kier molecular flexibility index (Phi) is 7.35. The van der Waals surface area contributed by atoms with E-state index in [-0.39, 0.29) is 0 Å². The summed E-state index contributed by atoms with van der Waals surface area (Å²) in [5, 5.41) is 0. The van der Waals surface area contributed by atoms with Crippen LogP contribution in [0.2, 0.25) is 0 Å². The van der Waals surface area contributed by atoms with Gasteiger partial charge in [0.1, 0.15) is 0 Å². The fourth-order valence-electron chi connectivity index (χ4n) is 2.43. The fourth-order valence-corrected chi connectivity index (χ4v) is 2.43. The first-order valence-electron chi connectivity index (χ1n) is 8.29. The number of aryl methyl sites for hydroxylation is 2. The van der Waals surface area contributed by atoms with E-state index in [0.29, 0.717) is 6.61 Å². The van der Waals surface area contributed by atoms with Gasteiger partial charge in [-0.05, 0) is 47.9 Å². The van der Waals surface area contributed by atoms with E-state index in [1.165, 1.54) is 22.3 Å². The predicted molar refractivity (Wildman–Crippen MR) is 99.5 cm³/mol. The fraction of sp³-hybridized carbons (Fsp3) is 0.273. The second-order valence-corrected chi connectivity index (χ2v) is 5.75. The van der Waals surface area contributed by atoms with Gasteiger partial charge in [-0.25, -0.2) is 0 Å². The van der Waals surface area contributed by atoms with Crippen LogP contribution in [-0.2, 0) is 24.2 Å². The van der Waals surface area contributed by atoms with E-state index in [0.717, 1.165) is 32.3 Å². The summed E-state index contributed by atoms with van der Waals surface area (Å²) in [6, 6.07) is 17.4. The molecular formula is C22H26O. The summed E-state index contributed by atoms with van der Waals surface area (Å²) in [6.45, 7) is 8.99. The molecule has 0 N–H and O–H groups in total. The van der Waals surface area contributed by atoms with Gasteiger partial charge in [-0.3, -0.25) is 0 Å². The van der Waals surface area contributed by atoms with E-state index in [2.05, 4.69) is 61.7 Å². The van der Waals surface area contributed by atoms with Crippen molar-refractivity contribution in [2.45, 2.75) is 32.3 Å². The highest BCUT2D eigenvalue weighted by Gasteiger charge is 1.98.